The van der Waals surface area contributed by atoms with E-state index in [2.05, 4.69) is 20.2 Å². The van der Waals surface area contributed by atoms with E-state index in [-0.39, 0.29) is 17.9 Å². The van der Waals surface area contributed by atoms with E-state index in [4.69, 9.17) is 11.6 Å². The predicted octanol–water partition coefficient (Wildman–Crippen LogP) is 4.55. The van der Waals surface area contributed by atoms with Gasteiger partial charge in [0.2, 0.25) is 0 Å². The molecule has 3 amide bonds. The number of aryl methyl sites for hydroxylation is 1. The van der Waals surface area contributed by atoms with Gasteiger partial charge in [0.25, 0.3) is 5.91 Å². The fraction of sp³-hybridized carbons (Fsp3) is 0.407. The molecule has 0 bridgehead atoms. The number of amides is 3. The fourth-order valence-corrected chi connectivity index (χ4v) is 5.96. The third-order valence-electron chi connectivity index (χ3n) is 7.08. The molecule has 0 radical (unpaired) electrons. The van der Waals surface area contributed by atoms with E-state index in [9.17, 15) is 9.59 Å². The van der Waals surface area contributed by atoms with Crippen LogP contribution in [0.4, 0.5) is 10.6 Å². The molecule has 3 aromatic rings. The van der Waals surface area contributed by atoms with Gasteiger partial charge in [-0.25, -0.2) is 14.8 Å². The second-order valence-corrected chi connectivity index (χ2v) is 10.8. The van der Waals surface area contributed by atoms with Gasteiger partial charge >= 0.3 is 6.03 Å². The summed E-state index contributed by atoms with van der Waals surface area (Å²) in [6.45, 7) is 6.76. The van der Waals surface area contributed by atoms with Crippen LogP contribution in [-0.2, 0) is 6.54 Å². The number of hydrogen-bond donors (Lipinski definition) is 1. The number of pyridine rings is 1. The summed E-state index contributed by atoms with van der Waals surface area (Å²) < 4.78 is 0. The van der Waals surface area contributed by atoms with Crippen LogP contribution < -0.4 is 10.2 Å². The Bertz CT molecular complexity index is 1240. The summed E-state index contributed by atoms with van der Waals surface area (Å²) >= 11 is 7.71. The van der Waals surface area contributed by atoms with Crippen molar-refractivity contribution in [1.29, 1.82) is 0 Å². The standard InChI is InChI=1S/C27H31ClN6O2S/c1-19-5-6-20(16-22(19)28)17-30-25(35)23-18-37-26(31-23)21-7-10-33(11-8-21)27(36)34-14-12-32(13-15-34)24-4-2-3-9-29-24/h2-6,9,16,18,21H,7-8,10-15,17H2,1H3,(H,30,35). The maximum Gasteiger partial charge on any atom is 0.320 e. The van der Waals surface area contributed by atoms with Gasteiger partial charge in [0.05, 0.1) is 5.01 Å². The van der Waals surface area contributed by atoms with Crippen LogP contribution in [0.3, 0.4) is 0 Å². The number of nitrogens with zero attached hydrogens (tertiary/aromatic N) is 5. The number of hydrogen-bond acceptors (Lipinski definition) is 6. The smallest absolute Gasteiger partial charge is 0.320 e. The van der Waals surface area contributed by atoms with Gasteiger partial charge in [-0.1, -0.05) is 29.8 Å². The van der Waals surface area contributed by atoms with Crippen LogP contribution in [0.2, 0.25) is 5.02 Å². The van der Waals surface area contributed by atoms with Crippen molar-refractivity contribution in [3.63, 3.8) is 0 Å². The Hall–Kier alpha value is -3.17. The van der Waals surface area contributed by atoms with Gasteiger partial charge in [0, 0.05) is 68.3 Å². The molecule has 1 N–H and O–H groups in total. The molecule has 2 fully saturated rings. The number of likely N-dealkylation sites (tertiary alicyclic amines) is 1. The second kappa shape index (κ2) is 11.5. The summed E-state index contributed by atoms with van der Waals surface area (Å²) in [6.07, 6.45) is 3.52. The first kappa shape index (κ1) is 25.5. The minimum atomic E-state index is -0.184. The lowest BCUT2D eigenvalue weighted by Crippen LogP contribution is -2.54. The van der Waals surface area contributed by atoms with E-state index in [1.54, 1.807) is 6.20 Å². The van der Waals surface area contributed by atoms with E-state index in [1.165, 1.54) is 11.3 Å². The first-order valence-corrected chi connectivity index (χ1v) is 13.9. The van der Waals surface area contributed by atoms with Crippen molar-refractivity contribution < 1.29 is 9.59 Å². The number of aromatic nitrogens is 2. The molecule has 2 saturated heterocycles. The molecule has 37 heavy (non-hydrogen) atoms. The van der Waals surface area contributed by atoms with Crippen molar-refractivity contribution in [3.05, 3.63) is 74.8 Å². The molecule has 10 heteroatoms. The van der Waals surface area contributed by atoms with Crippen LogP contribution >= 0.6 is 22.9 Å². The van der Waals surface area contributed by atoms with E-state index < -0.39 is 0 Å². The van der Waals surface area contributed by atoms with Crippen LogP contribution in [-0.4, -0.2) is 71.0 Å². The van der Waals surface area contributed by atoms with Crippen molar-refractivity contribution in [3.8, 4) is 0 Å². The van der Waals surface area contributed by atoms with Crippen molar-refractivity contribution >= 4 is 40.7 Å². The zero-order valence-corrected chi connectivity index (χ0v) is 22.5. The Labute approximate surface area is 226 Å². The highest BCUT2D eigenvalue weighted by Crippen LogP contribution is 2.31. The fourth-order valence-electron chi connectivity index (χ4n) is 4.78. The summed E-state index contributed by atoms with van der Waals surface area (Å²) in [5.74, 6) is 1.05. The number of benzene rings is 1. The lowest BCUT2D eigenvalue weighted by atomic mass is 9.98. The van der Waals surface area contributed by atoms with Gasteiger partial charge in [0.1, 0.15) is 11.5 Å². The number of rotatable bonds is 5. The number of piperazine rings is 1. The number of anilines is 1. The monoisotopic (exact) mass is 538 g/mol. The molecule has 2 aliphatic heterocycles. The minimum absolute atomic E-state index is 0.120. The van der Waals surface area contributed by atoms with Gasteiger partial charge in [-0.2, -0.15) is 0 Å². The maximum absolute atomic E-state index is 13.1. The first-order chi connectivity index (χ1) is 18.0. The Morgan fingerprint density at radius 3 is 2.51 bits per heavy atom. The Morgan fingerprint density at radius 1 is 1.05 bits per heavy atom. The van der Waals surface area contributed by atoms with Crippen molar-refractivity contribution in [2.75, 3.05) is 44.2 Å². The van der Waals surface area contributed by atoms with Crippen LogP contribution in [0.1, 0.15) is 45.4 Å². The van der Waals surface area contributed by atoms with Crippen LogP contribution in [0.25, 0.3) is 0 Å². The number of urea groups is 1. The van der Waals surface area contributed by atoms with E-state index in [0.717, 1.165) is 47.9 Å². The number of nitrogens with one attached hydrogen (secondary N) is 1. The van der Waals surface area contributed by atoms with Crippen molar-refractivity contribution in [2.45, 2.75) is 32.2 Å². The first-order valence-electron chi connectivity index (χ1n) is 12.7. The van der Waals surface area contributed by atoms with Gasteiger partial charge in [0.15, 0.2) is 0 Å². The average Bonchev–Trinajstić information content (AvgIpc) is 3.44. The highest BCUT2D eigenvalue weighted by Gasteiger charge is 2.30. The number of halogens is 1. The largest absolute Gasteiger partial charge is 0.353 e. The summed E-state index contributed by atoms with van der Waals surface area (Å²) in [5.41, 5.74) is 2.41. The van der Waals surface area contributed by atoms with Crippen molar-refractivity contribution in [1.82, 2.24) is 25.1 Å². The number of thiazole rings is 1. The van der Waals surface area contributed by atoms with Gasteiger partial charge in [-0.05, 0) is 49.1 Å². The van der Waals surface area contributed by atoms with Gasteiger partial charge in [-0.15, -0.1) is 11.3 Å². The summed E-state index contributed by atoms with van der Waals surface area (Å²) in [6, 6.07) is 11.8. The Balaban J connectivity index is 1.08. The second-order valence-electron chi connectivity index (χ2n) is 9.54. The SMILES string of the molecule is Cc1ccc(CNC(=O)c2csc(C3CCN(C(=O)N4CCN(c5ccccn5)CC4)CC3)n2)cc1Cl. The molecular formula is C27H31ClN6O2S. The summed E-state index contributed by atoms with van der Waals surface area (Å²) in [5, 5.41) is 6.42. The Morgan fingerprint density at radius 2 is 1.81 bits per heavy atom. The van der Waals surface area contributed by atoms with E-state index >= 15 is 0 Å². The highest BCUT2D eigenvalue weighted by molar-refractivity contribution is 7.09. The minimum Gasteiger partial charge on any atom is -0.353 e. The third kappa shape index (κ3) is 6.05. The molecule has 0 spiro atoms. The zero-order valence-electron chi connectivity index (χ0n) is 20.9. The van der Waals surface area contributed by atoms with E-state index in [0.29, 0.717) is 43.4 Å². The predicted molar refractivity (Wildman–Crippen MR) is 146 cm³/mol. The average molecular weight is 539 g/mol. The molecule has 0 atom stereocenters. The van der Waals surface area contributed by atoms with Crippen LogP contribution in [0.15, 0.2) is 48.0 Å². The number of carbonyl (C=O) groups is 2. The van der Waals surface area contributed by atoms with Crippen molar-refractivity contribution in [2.24, 2.45) is 0 Å². The lowest BCUT2D eigenvalue weighted by molar-refractivity contribution is 0.0946. The third-order valence-corrected chi connectivity index (χ3v) is 8.50. The maximum atomic E-state index is 13.1. The van der Waals surface area contributed by atoms with Gasteiger partial charge in [-0.3, -0.25) is 4.79 Å². The molecule has 2 aromatic heterocycles. The highest BCUT2D eigenvalue weighted by atomic mass is 35.5. The molecule has 8 nitrogen and oxygen atoms in total. The normalized spacial score (nSPS) is 16.6. The summed E-state index contributed by atoms with van der Waals surface area (Å²) in [7, 11) is 0. The lowest BCUT2D eigenvalue weighted by Gasteiger charge is -2.39. The molecule has 1 aromatic carbocycles. The molecule has 4 heterocycles. The number of carbonyl (C=O) groups excluding carboxylic acids is 2. The molecular weight excluding hydrogens is 508 g/mol. The molecule has 0 aliphatic carbocycles. The Kier molecular flexibility index (Phi) is 7.90. The molecule has 0 saturated carbocycles. The zero-order chi connectivity index (χ0) is 25.8. The molecule has 194 valence electrons. The molecule has 2 aliphatic rings. The van der Waals surface area contributed by atoms with E-state index in [1.807, 2.05) is 58.5 Å². The van der Waals surface area contributed by atoms with Gasteiger partial charge < -0.3 is 20.0 Å². The quantitative estimate of drug-likeness (QED) is 0.515. The van der Waals surface area contributed by atoms with Crippen LogP contribution in [0.5, 0.6) is 0 Å². The number of piperidine rings is 1. The topological polar surface area (TPSA) is 81.7 Å². The summed E-state index contributed by atoms with van der Waals surface area (Å²) in [4.78, 5) is 40.9. The molecule has 0 unspecified atom stereocenters. The van der Waals surface area contributed by atoms with Crippen LogP contribution in [0, 0.1) is 6.92 Å². The molecule has 5 rings (SSSR count).